The highest BCUT2D eigenvalue weighted by molar-refractivity contribution is 5.79. The average molecular weight is 216 g/mol. The lowest BCUT2D eigenvalue weighted by Crippen LogP contribution is -2.02. The zero-order valence-corrected chi connectivity index (χ0v) is 10.4. The van der Waals surface area contributed by atoms with Gasteiger partial charge in [-0.15, -0.1) is 0 Å². The number of rotatable bonds is 5. The predicted octanol–water partition coefficient (Wildman–Crippen LogP) is 4.10. The number of benzene rings is 1. The van der Waals surface area contributed by atoms with Gasteiger partial charge in [-0.05, 0) is 24.8 Å². The van der Waals surface area contributed by atoms with E-state index < -0.39 is 0 Å². The number of hydrogen-bond donors (Lipinski definition) is 0. The van der Waals surface area contributed by atoms with E-state index in [-0.39, 0.29) is 5.78 Å². The fraction of sp³-hybridized carbons (Fsp3) is 0.400. The highest BCUT2D eigenvalue weighted by atomic mass is 16.1. The summed E-state index contributed by atoms with van der Waals surface area (Å²) in [6.07, 6.45) is 3.80. The van der Waals surface area contributed by atoms with E-state index >= 15 is 0 Å². The Kier molecular flexibility index (Phi) is 4.97. The van der Waals surface area contributed by atoms with Crippen LogP contribution >= 0.6 is 0 Å². The summed E-state index contributed by atoms with van der Waals surface area (Å²) in [4.78, 5) is 11.2. The molecule has 0 radical (unpaired) electrons. The van der Waals surface area contributed by atoms with Crippen LogP contribution in [0.15, 0.2) is 35.9 Å². The Morgan fingerprint density at radius 2 is 1.94 bits per heavy atom. The number of carbonyl (C=O) groups excluding carboxylic acids is 1. The van der Waals surface area contributed by atoms with Crippen molar-refractivity contribution in [3.05, 3.63) is 41.5 Å². The van der Waals surface area contributed by atoms with Gasteiger partial charge in [0.1, 0.15) is 5.78 Å². The smallest absolute Gasteiger partial charge is 0.133 e. The molecule has 1 unspecified atom stereocenters. The summed E-state index contributed by atoms with van der Waals surface area (Å²) in [5, 5.41) is 0. The molecule has 0 spiro atoms. The minimum absolute atomic E-state index is 0.238. The van der Waals surface area contributed by atoms with Crippen LogP contribution in [0.1, 0.15) is 39.2 Å². The molecule has 1 aromatic rings. The summed E-state index contributed by atoms with van der Waals surface area (Å²) in [5.41, 5.74) is 2.42. The fourth-order valence-electron chi connectivity index (χ4n) is 1.68. The van der Waals surface area contributed by atoms with Crippen molar-refractivity contribution in [2.45, 2.75) is 33.6 Å². The maximum atomic E-state index is 11.2. The van der Waals surface area contributed by atoms with Gasteiger partial charge in [-0.1, -0.05) is 55.8 Å². The van der Waals surface area contributed by atoms with Crippen molar-refractivity contribution in [2.24, 2.45) is 5.92 Å². The van der Waals surface area contributed by atoms with Crippen LogP contribution in [0, 0.1) is 5.92 Å². The minimum Gasteiger partial charge on any atom is -0.300 e. The molecule has 0 saturated heterocycles. The molecule has 1 rings (SSSR count). The molecule has 0 aliphatic carbocycles. The van der Waals surface area contributed by atoms with Gasteiger partial charge >= 0.3 is 0 Å². The highest BCUT2D eigenvalue weighted by Crippen LogP contribution is 2.21. The van der Waals surface area contributed by atoms with E-state index in [2.05, 4.69) is 32.1 Å². The Morgan fingerprint density at radius 1 is 1.31 bits per heavy atom. The van der Waals surface area contributed by atoms with E-state index in [1.165, 1.54) is 11.1 Å². The molecule has 16 heavy (non-hydrogen) atoms. The summed E-state index contributed by atoms with van der Waals surface area (Å²) in [5.74, 6) is 0.714. The Hall–Kier alpha value is -1.37. The standard InChI is InChI=1S/C15H20O/c1-4-12(2)15(10-13(3)16)11-14-8-6-5-7-9-14/h5-9,11-12H,4,10H2,1-3H3. The van der Waals surface area contributed by atoms with Crippen LogP contribution in [-0.4, -0.2) is 5.78 Å². The second-order valence-corrected chi connectivity index (χ2v) is 4.32. The number of allylic oxidation sites excluding steroid dienone is 1. The molecule has 1 aromatic carbocycles. The lowest BCUT2D eigenvalue weighted by atomic mass is 9.92. The first-order chi connectivity index (χ1) is 7.63. The van der Waals surface area contributed by atoms with Gasteiger partial charge in [0.15, 0.2) is 0 Å². The van der Waals surface area contributed by atoms with Gasteiger partial charge in [0.25, 0.3) is 0 Å². The van der Waals surface area contributed by atoms with Crippen LogP contribution in [0.5, 0.6) is 0 Å². The largest absolute Gasteiger partial charge is 0.300 e. The first-order valence-corrected chi connectivity index (χ1v) is 5.88. The Labute approximate surface area is 98.2 Å². The molecule has 0 aromatic heterocycles. The summed E-state index contributed by atoms with van der Waals surface area (Å²) >= 11 is 0. The van der Waals surface area contributed by atoms with Gasteiger partial charge < -0.3 is 0 Å². The highest BCUT2D eigenvalue weighted by Gasteiger charge is 2.08. The molecule has 1 nitrogen and oxygen atoms in total. The van der Waals surface area contributed by atoms with Crippen LogP contribution in [0.2, 0.25) is 0 Å². The maximum Gasteiger partial charge on any atom is 0.133 e. The topological polar surface area (TPSA) is 17.1 Å². The van der Waals surface area contributed by atoms with Gasteiger partial charge in [0.05, 0.1) is 0 Å². The number of carbonyl (C=O) groups is 1. The summed E-state index contributed by atoms with van der Waals surface area (Å²) < 4.78 is 0. The molecule has 1 atom stereocenters. The third-order valence-corrected chi connectivity index (χ3v) is 2.85. The van der Waals surface area contributed by atoms with E-state index in [1.807, 2.05) is 18.2 Å². The van der Waals surface area contributed by atoms with E-state index in [9.17, 15) is 4.79 Å². The Morgan fingerprint density at radius 3 is 2.44 bits per heavy atom. The van der Waals surface area contributed by atoms with Gasteiger partial charge in [0, 0.05) is 6.42 Å². The molecular formula is C15H20O. The molecule has 0 heterocycles. The van der Waals surface area contributed by atoms with Crippen molar-refractivity contribution in [3.63, 3.8) is 0 Å². The van der Waals surface area contributed by atoms with Crippen molar-refractivity contribution in [1.82, 2.24) is 0 Å². The number of Topliss-reactive ketones (excluding diaryl/α,β-unsaturated/α-hetero) is 1. The molecule has 86 valence electrons. The molecule has 0 amide bonds. The summed E-state index contributed by atoms with van der Waals surface area (Å²) in [6.45, 7) is 5.99. The van der Waals surface area contributed by atoms with Crippen molar-refractivity contribution in [1.29, 1.82) is 0 Å². The zero-order valence-electron chi connectivity index (χ0n) is 10.4. The third kappa shape index (κ3) is 4.01. The van der Waals surface area contributed by atoms with Gasteiger partial charge in [-0.2, -0.15) is 0 Å². The maximum absolute atomic E-state index is 11.2. The Bertz CT molecular complexity index is 362. The van der Waals surface area contributed by atoms with Crippen LogP contribution in [0.25, 0.3) is 6.08 Å². The fourth-order valence-corrected chi connectivity index (χ4v) is 1.68. The van der Waals surface area contributed by atoms with Crippen LogP contribution in [-0.2, 0) is 4.79 Å². The van der Waals surface area contributed by atoms with Crippen LogP contribution in [0.3, 0.4) is 0 Å². The first-order valence-electron chi connectivity index (χ1n) is 5.88. The van der Waals surface area contributed by atoms with Gasteiger partial charge in [0.2, 0.25) is 0 Å². The van der Waals surface area contributed by atoms with E-state index in [0.29, 0.717) is 12.3 Å². The van der Waals surface area contributed by atoms with Crippen molar-refractivity contribution in [2.75, 3.05) is 0 Å². The second kappa shape index (κ2) is 6.26. The lowest BCUT2D eigenvalue weighted by molar-refractivity contribution is -0.116. The summed E-state index contributed by atoms with van der Waals surface area (Å²) in [6, 6.07) is 10.2. The third-order valence-electron chi connectivity index (χ3n) is 2.85. The lowest BCUT2D eigenvalue weighted by Gasteiger charge is -2.13. The van der Waals surface area contributed by atoms with E-state index in [1.54, 1.807) is 6.92 Å². The predicted molar refractivity (Wildman–Crippen MR) is 69.2 cm³/mol. The molecule has 0 bridgehead atoms. The minimum atomic E-state index is 0.238. The molecule has 0 saturated carbocycles. The van der Waals surface area contributed by atoms with Crippen LogP contribution < -0.4 is 0 Å². The average Bonchev–Trinajstić information content (AvgIpc) is 2.28. The monoisotopic (exact) mass is 216 g/mol. The summed E-state index contributed by atoms with van der Waals surface area (Å²) in [7, 11) is 0. The SMILES string of the molecule is CCC(C)C(=Cc1ccccc1)CC(C)=O. The van der Waals surface area contributed by atoms with Gasteiger partial charge in [-0.3, -0.25) is 4.79 Å². The second-order valence-electron chi connectivity index (χ2n) is 4.32. The van der Waals surface area contributed by atoms with Crippen molar-refractivity contribution >= 4 is 11.9 Å². The number of ketones is 1. The van der Waals surface area contributed by atoms with Gasteiger partial charge in [-0.25, -0.2) is 0 Å². The zero-order chi connectivity index (χ0) is 12.0. The quantitative estimate of drug-likeness (QED) is 0.724. The first kappa shape index (κ1) is 12.7. The molecular weight excluding hydrogens is 196 g/mol. The molecule has 0 aliphatic rings. The van der Waals surface area contributed by atoms with E-state index in [0.717, 1.165) is 6.42 Å². The normalized spacial score (nSPS) is 13.6. The number of hydrogen-bond acceptors (Lipinski definition) is 1. The van der Waals surface area contributed by atoms with Crippen molar-refractivity contribution in [3.8, 4) is 0 Å². The molecule has 0 N–H and O–H groups in total. The molecule has 0 fully saturated rings. The molecule has 0 aliphatic heterocycles. The Balaban J connectivity index is 2.91. The van der Waals surface area contributed by atoms with Crippen molar-refractivity contribution < 1.29 is 4.79 Å². The van der Waals surface area contributed by atoms with Crippen LogP contribution in [0.4, 0.5) is 0 Å². The van der Waals surface area contributed by atoms with E-state index in [4.69, 9.17) is 0 Å². The molecule has 1 heteroatoms.